The summed E-state index contributed by atoms with van der Waals surface area (Å²) in [7, 11) is 0. The van der Waals surface area contributed by atoms with Gasteiger partial charge in [0.05, 0.1) is 17.8 Å². The molecule has 0 aliphatic carbocycles. The Kier molecular flexibility index (Phi) is 2.80. The van der Waals surface area contributed by atoms with E-state index in [2.05, 4.69) is 5.10 Å². The number of hydrogen-bond acceptors (Lipinski definition) is 2. The first-order valence-corrected chi connectivity index (χ1v) is 6.07. The molecule has 0 bridgehead atoms. The Hall–Kier alpha value is -2.20. The van der Waals surface area contributed by atoms with Crippen LogP contribution in [0.15, 0.2) is 48.7 Å². The van der Waals surface area contributed by atoms with Crippen LogP contribution in [0.25, 0.3) is 16.6 Å². The van der Waals surface area contributed by atoms with Crippen molar-refractivity contribution in [1.82, 2.24) is 9.78 Å². The van der Waals surface area contributed by atoms with E-state index in [9.17, 15) is 9.50 Å². The molecule has 4 heteroatoms. The number of hydrogen-bond donors (Lipinski definition) is 1. The number of aliphatic hydroxyl groups is 1. The second-order valence-electron chi connectivity index (χ2n) is 4.50. The number of aromatic nitrogens is 2. The van der Waals surface area contributed by atoms with Crippen molar-refractivity contribution in [3.05, 3.63) is 60.0 Å². The molecular weight excluding hydrogens is 243 g/mol. The van der Waals surface area contributed by atoms with Crippen LogP contribution in [-0.4, -0.2) is 14.9 Å². The van der Waals surface area contributed by atoms with Gasteiger partial charge in [-0.25, -0.2) is 9.07 Å². The van der Waals surface area contributed by atoms with Crippen LogP contribution in [0.1, 0.15) is 18.6 Å². The molecule has 0 aliphatic rings. The third-order valence-corrected chi connectivity index (χ3v) is 3.16. The summed E-state index contributed by atoms with van der Waals surface area (Å²) in [6, 6.07) is 12.3. The second-order valence-corrected chi connectivity index (χ2v) is 4.50. The molecule has 0 saturated carbocycles. The maximum Gasteiger partial charge on any atom is 0.149 e. The molecule has 0 saturated heterocycles. The van der Waals surface area contributed by atoms with Crippen LogP contribution in [0.4, 0.5) is 4.39 Å². The van der Waals surface area contributed by atoms with E-state index < -0.39 is 11.9 Å². The molecule has 96 valence electrons. The average molecular weight is 256 g/mol. The Morgan fingerprint density at radius 1 is 1.21 bits per heavy atom. The largest absolute Gasteiger partial charge is 0.389 e. The van der Waals surface area contributed by atoms with Gasteiger partial charge in [0.1, 0.15) is 11.5 Å². The molecule has 1 heterocycles. The number of nitrogens with zero attached hydrogens (tertiary/aromatic N) is 2. The Morgan fingerprint density at radius 2 is 2.00 bits per heavy atom. The van der Waals surface area contributed by atoms with Crippen molar-refractivity contribution in [2.24, 2.45) is 0 Å². The second kappa shape index (κ2) is 4.48. The van der Waals surface area contributed by atoms with Gasteiger partial charge in [0.25, 0.3) is 0 Å². The van der Waals surface area contributed by atoms with Gasteiger partial charge >= 0.3 is 0 Å². The van der Waals surface area contributed by atoms with Crippen molar-refractivity contribution in [3.8, 4) is 5.69 Å². The van der Waals surface area contributed by atoms with E-state index in [1.54, 1.807) is 29.9 Å². The van der Waals surface area contributed by atoms with Gasteiger partial charge in [-0.1, -0.05) is 24.3 Å². The van der Waals surface area contributed by atoms with Crippen molar-refractivity contribution in [2.75, 3.05) is 0 Å². The van der Waals surface area contributed by atoms with Gasteiger partial charge in [-0.05, 0) is 30.7 Å². The summed E-state index contributed by atoms with van der Waals surface area (Å²) in [5.74, 6) is -0.396. The molecule has 0 amide bonds. The van der Waals surface area contributed by atoms with E-state index in [1.165, 1.54) is 6.07 Å². The van der Waals surface area contributed by atoms with Crippen LogP contribution in [0.2, 0.25) is 0 Å². The number of rotatable bonds is 2. The Balaban J connectivity index is 2.17. The van der Waals surface area contributed by atoms with Crippen LogP contribution >= 0.6 is 0 Å². The zero-order chi connectivity index (χ0) is 13.4. The highest BCUT2D eigenvalue weighted by atomic mass is 19.1. The fraction of sp³-hybridized carbons (Fsp3) is 0.133. The molecule has 0 unspecified atom stereocenters. The van der Waals surface area contributed by atoms with E-state index in [-0.39, 0.29) is 0 Å². The molecular formula is C15H13FN2O. The molecule has 3 nitrogen and oxygen atoms in total. The Bertz CT molecular complexity index is 734. The third kappa shape index (κ3) is 2.00. The molecule has 1 N–H and O–H groups in total. The summed E-state index contributed by atoms with van der Waals surface area (Å²) < 4.78 is 15.7. The molecule has 1 atom stereocenters. The van der Waals surface area contributed by atoms with E-state index >= 15 is 0 Å². The van der Waals surface area contributed by atoms with E-state index in [1.807, 2.05) is 24.3 Å². The highest BCUT2D eigenvalue weighted by molar-refractivity contribution is 5.80. The van der Waals surface area contributed by atoms with Gasteiger partial charge in [0.15, 0.2) is 0 Å². The summed E-state index contributed by atoms with van der Waals surface area (Å²) in [5.41, 5.74) is 1.79. The topological polar surface area (TPSA) is 38.0 Å². The summed E-state index contributed by atoms with van der Waals surface area (Å²) in [4.78, 5) is 0. The molecule has 19 heavy (non-hydrogen) atoms. The first-order valence-electron chi connectivity index (χ1n) is 6.07. The van der Waals surface area contributed by atoms with Gasteiger partial charge in [-0.15, -0.1) is 0 Å². The monoisotopic (exact) mass is 256 g/mol. The van der Waals surface area contributed by atoms with Crippen LogP contribution < -0.4 is 0 Å². The molecule has 0 spiro atoms. The highest BCUT2D eigenvalue weighted by Gasteiger charge is 2.11. The number of fused-ring (bicyclic) bond motifs is 1. The maximum atomic E-state index is 14.1. The Labute approximate surface area is 109 Å². The number of halogens is 1. The fourth-order valence-electron chi connectivity index (χ4n) is 2.12. The lowest BCUT2D eigenvalue weighted by atomic mass is 10.1. The number of aliphatic hydroxyl groups excluding tert-OH is 1. The van der Waals surface area contributed by atoms with Gasteiger partial charge in [-0.3, -0.25) is 0 Å². The predicted molar refractivity (Wildman–Crippen MR) is 71.7 cm³/mol. The minimum atomic E-state index is -0.682. The predicted octanol–water partition coefficient (Wildman–Crippen LogP) is 3.22. The van der Waals surface area contributed by atoms with Gasteiger partial charge < -0.3 is 5.11 Å². The molecule has 0 fully saturated rings. The highest BCUT2D eigenvalue weighted by Crippen LogP contribution is 2.22. The van der Waals surface area contributed by atoms with Crippen molar-refractivity contribution in [3.63, 3.8) is 0 Å². The summed E-state index contributed by atoms with van der Waals surface area (Å²) >= 11 is 0. The number of para-hydroxylation sites is 1. The van der Waals surface area contributed by atoms with Crippen molar-refractivity contribution in [2.45, 2.75) is 13.0 Å². The molecule has 0 radical (unpaired) electrons. The lowest BCUT2D eigenvalue weighted by Crippen LogP contribution is -2.01. The van der Waals surface area contributed by atoms with Crippen LogP contribution in [0.3, 0.4) is 0 Å². The SMILES string of the molecule is C[C@H](O)c1ccc(-n2ncc3ccccc32)c(F)c1. The minimum absolute atomic E-state index is 0.380. The Morgan fingerprint density at radius 3 is 2.74 bits per heavy atom. The van der Waals surface area contributed by atoms with Gasteiger partial charge in [0.2, 0.25) is 0 Å². The maximum absolute atomic E-state index is 14.1. The van der Waals surface area contributed by atoms with Gasteiger partial charge in [0, 0.05) is 5.39 Å². The van der Waals surface area contributed by atoms with Crippen molar-refractivity contribution < 1.29 is 9.50 Å². The van der Waals surface area contributed by atoms with Gasteiger partial charge in [-0.2, -0.15) is 5.10 Å². The van der Waals surface area contributed by atoms with Crippen molar-refractivity contribution >= 4 is 10.9 Å². The van der Waals surface area contributed by atoms with E-state index in [4.69, 9.17) is 0 Å². The smallest absolute Gasteiger partial charge is 0.149 e. The minimum Gasteiger partial charge on any atom is -0.389 e. The number of benzene rings is 2. The normalized spacial score (nSPS) is 12.8. The summed E-state index contributed by atoms with van der Waals surface area (Å²) in [6.07, 6.45) is 1.02. The summed E-state index contributed by atoms with van der Waals surface area (Å²) in [6.45, 7) is 1.61. The fourth-order valence-corrected chi connectivity index (χ4v) is 2.12. The van der Waals surface area contributed by atoms with Crippen LogP contribution in [-0.2, 0) is 0 Å². The van der Waals surface area contributed by atoms with E-state index in [0.29, 0.717) is 11.3 Å². The molecule has 2 aromatic carbocycles. The first kappa shape index (κ1) is 11.9. The molecule has 1 aromatic heterocycles. The van der Waals surface area contributed by atoms with Crippen molar-refractivity contribution in [1.29, 1.82) is 0 Å². The van der Waals surface area contributed by atoms with Crippen LogP contribution in [0, 0.1) is 5.82 Å². The summed E-state index contributed by atoms with van der Waals surface area (Å²) in [5, 5.41) is 14.6. The molecule has 3 aromatic rings. The van der Waals surface area contributed by atoms with E-state index in [0.717, 1.165) is 10.9 Å². The van der Waals surface area contributed by atoms with Crippen LogP contribution in [0.5, 0.6) is 0 Å². The first-order chi connectivity index (χ1) is 9.16. The third-order valence-electron chi connectivity index (χ3n) is 3.16. The molecule has 0 aliphatic heterocycles. The lowest BCUT2D eigenvalue weighted by molar-refractivity contribution is 0.199. The zero-order valence-corrected chi connectivity index (χ0v) is 10.4. The lowest BCUT2D eigenvalue weighted by Gasteiger charge is -2.09. The quantitative estimate of drug-likeness (QED) is 0.764. The average Bonchev–Trinajstić information content (AvgIpc) is 2.82. The standard InChI is InChI=1S/C15H13FN2O/c1-10(19)11-6-7-15(13(16)8-11)18-14-5-3-2-4-12(14)9-17-18/h2-10,19H,1H3/t10-/m0/s1. The molecule has 3 rings (SSSR count). The zero-order valence-electron chi connectivity index (χ0n) is 10.4.